The van der Waals surface area contributed by atoms with Gasteiger partial charge in [-0.2, -0.15) is 0 Å². The summed E-state index contributed by atoms with van der Waals surface area (Å²) in [5.41, 5.74) is -0.0812. The number of hydrogen-bond acceptors (Lipinski definition) is 2. The third kappa shape index (κ3) is 4.09. The Labute approximate surface area is 77.7 Å². The summed E-state index contributed by atoms with van der Waals surface area (Å²) in [6.07, 6.45) is 1.12. The largest absolute Gasteiger partial charge is 0.394 e. The number of halogens is 1. The van der Waals surface area contributed by atoms with Gasteiger partial charge in [-0.15, -0.1) is 0 Å². The maximum Gasteiger partial charge on any atom is 0.0609 e. The van der Waals surface area contributed by atoms with E-state index in [1.54, 1.807) is 0 Å². The first-order valence-corrected chi connectivity index (χ1v) is 5.05. The Morgan fingerprint density at radius 3 is 2.36 bits per heavy atom. The fraction of sp³-hybridized carbons (Fsp3) is 1.00. The zero-order valence-corrected chi connectivity index (χ0v) is 9.19. The van der Waals surface area contributed by atoms with Crippen LogP contribution in [0.5, 0.6) is 0 Å². The van der Waals surface area contributed by atoms with Gasteiger partial charge in [0.1, 0.15) is 0 Å². The quantitative estimate of drug-likeness (QED) is 0.715. The summed E-state index contributed by atoms with van der Waals surface area (Å²) in [4.78, 5) is 2.17. The molecule has 0 heterocycles. The molecule has 0 atom stereocenters. The molecule has 0 saturated carbocycles. The van der Waals surface area contributed by atoms with E-state index in [1.165, 1.54) is 0 Å². The predicted octanol–water partition coefficient (Wildman–Crippen LogP) is 1.47. The maximum absolute atomic E-state index is 9.01. The predicted molar refractivity (Wildman–Crippen MR) is 52.2 cm³/mol. The minimum Gasteiger partial charge on any atom is -0.394 e. The first-order chi connectivity index (χ1) is 5.04. The summed E-state index contributed by atoms with van der Waals surface area (Å²) in [5, 5.41) is 10.0. The van der Waals surface area contributed by atoms with E-state index in [4.69, 9.17) is 5.11 Å². The number of rotatable bonds is 5. The van der Waals surface area contributed by atoms with Crippen LogP contribution in [-0.4, -0.2) is 41.1 Å². The monoisotopic (exact) mass is 223 g/mol. The lowest BCUT2D eigenvalue weighted by Gasteiger charge is -2.33. The molecule has 2 nitrogen and oxygen atoms in total. The normalized spacial score (nSPS) is 12.5. The highest BCUT2D eigenvalue weighted by Gasteiger charge is 2.21. The summed E-state index contributed by atoms with van der Waals surface area (Å²) in [5.74, 6) is 0. The molecule has 1 N–H and O–H groups in total. The summed E-state index contributed by atoms with van der Waals surface area (Å²) in [7, 11) is 2.04. The highest BCUT2D eigenvalue weighted by Crippen LogP contribution is 2.11. The van der Waals surface area contributed by atoms with E-state index in [-0.39, 0.29) is 12.1 Å². The van der Waals surface area contributed by atoms with E-state index in [0.717, 1.165) is 18.3 Å². The van der Waals surface area contributed by atoms with Gasteiger partial charge in [0.25, 0.3) is 0 Å². The number of aliphatic hydroxyl groups is 1. The Bertz CT molecular complexity index is 106. The molecular weight excluding hydrogens is 206 g/mol. The second-order valence-corrected chi connectivity index (χ2v) is 4.23. The van der Waals surface area contributed by atoms with Crippen LogP contribution in [0.1, 0.15) is 20.3 Å². The summed E-state index contributed by atoms with van der Waals surface area (Å²) in [6, 6.07) is 0. The van der Waals surface area contributed by atoms with Crippen molar-refractivity contribution in [2.45, 2.75) is 25.8 Å². The van der Waals surface area contributed by atoms with Crippen molar-refractivity contribution >= 4 is 15.9 Å². The standard InChI is InChI=1S/C8H18BrNO/c1-8(2,7-11)10(3)6-4-5-9/h11H,4-7H2,1-3H3. The molecular formula is C8H18BrNO. The molecule has 68 valence electrons. The van der Waals surface area contributed by atoms with Crippen LogP contribution in [-0.2, 0) is 0 Å². The number of nitrogens with zero attached hydrogens (tertiary/aromatic N) is 1. The van der Waals surface area contributed by atoms with E-state index in [0.29, 0.717) is 0 Å². The Morgan fingerprint density at radius 1 is 1.45 bits per heavy atom. The third-order valence-electron chi connectivity index (χ3n) is 2.05. The van der Waals surface area contributed by atoms with Crippen LogP contribution in [0.2, 0.25) is 0 Å². The van der Waals surface area contributed by atoms with Crippen LogP contribution in [0.3, 0.4) is 0 Å². The molecule has 3 heteroatoms. The maximum atomic E-state index is 9.01. The first-order valence-electron chi connectivity index (χ1n) is 3.92. The molecule has 0 aromatic carbocycles. The lowest BCUT2D eigenvalue weighted by Crippen LogP contribution is -2.44. The van der Waals surface area contributed by atoms with Crippen LogP contribution >= 0.6 is 15.9 Å². The molecule has 0 radical (unpaired) electrons. The molecule has 0 amide bonds. The van der Waals surface area contributed by atoms with Crippen molar-refractivity contribution in [3.05, 3.63) is 0 Å². The second kappa shape index (κ2) is 5.12. The summed E-state index contributed by atoms with van der Waals surface area (Å²) in [6.45, 7) is 5.33. The first kappa shape index (κ1) is 11.4. The SMILES string of the molecule is CN(CCCBr)C(C)(C)CO. The molecule has 0 aliphatic carbocycles. The van der Waals surface area contributed by atoms with Crippen molar-refractivity contribution in [1.82, 2.24) is 4.90 Å². The average Bonchev–Trinajstić information content (AvgIpc) is 2.00. The Balaban J connectivity index is 3.71. The average molecular weight is 224 g/mol. The minimum absolute atomic E-state index is 0.0812. The lowest BCUT2D eigenvalue weighted by molar-refractivity contribution is 0.0795. The van der Waals surface area contributed by atoms with Crippen molar-refractivity contribution in [3.63, 3.8) is 0 Å². The van der Waals surface area contributed by atoms with Crippen molar-refractivity contribution in [1.29, 1.82) is 0 Å². The van der Waals surface area contributed by atoms with Gasteiger partial charge in [0.05, 0.1) is 6.61 Å². The van der Waals surface area contributed by atoms with Gasteiger partial charge >= 0.3 is 0 Å². The fourth-order valence-electron chi connectivity index (χ4n) is 0.720. The molecule has 11 heavy (non-hydrogen) atoms. The molecule has 0 saturated heterocycles. The van der Waals surface area contributed by atoms with Gasteiger partial charge in [-0.05, 0) is 33.9 Å². The van der Waals surface area contributed by atoms with Crippen molar-refractivity contribution < 1.29 is 5.11 Å². The second-order valence-electron chi connectivity index (χ2n) is 3.43. The zero-order valence-electron chi connectivity index (χ0n) is 7.60. The van der Waals surface area contributed by atoms with Gasteiger partial charge in [-0.3, -0.25) is 4.90 Å². The van der Waals surface area contributed by atoms with Gasteiger partial charge in [0.2, 0.25) is 0 Å². The van der Waals surface area contributed by atoms with Crippen molar-refractivity contribution in [2.24, 2.45) is 0 Å². The molecule has 0 rings (SSSR count). The molecule has 0 aliphatic heterocycles. The van der Waals surface area contributed by atoms with Gasteiger partial charge in [0, 0.05) is 10.9 Å². The van der Waals surface area contributed by atoms with Crippen molar-refractivity contribution in [3.8, 4) is 0 Å². The topological polar surface area (TPSA) is 23.5 Å². The third-order valence-corrected chi connectivity index (χ3v) is 2.61. The minimum atomic E-state index is -0.0812. The van der Waals surface area contributed by atoms with Crippen LogP contribution in [0.25, 0.3) is 0 Å². The molecule has 0 aromatic rings. The smallest absolute Gasteiger partial charge is 0.0609 e. The Morgan fingerprint density at radius 2 is 2.00 bits per heavy atom. The highest BCUT2D eigenvalue weighted by molar-refractivity contribution is 9.09. The molecule has 0 bridgehead atoms. The van der Waals surface area contributed by atoms with Gasteiger partial charge < -0.3 is 5.11 Å². The van der Waals surface area contributed by atoms with Crippen molar-refractivity contribution in [2.75, 3.05) is 25.5 Å². The Kier molecular flexibility index (Phi) is 5.30. The summed E-state index contributed by atoms with van der Waals surface area (Å²) >= 11 is 3.38. The van der Waals surface area contributed by atoms with Gasteiger partial charge in [-0.25, -0.2) is 0 Å². The van der Waals surface area contributed by atoms with Crippen LogP contribution in [0.15, 0.2) is 0 Å². The number of hydrogen-bond donors (Lipinski definition) is 1. The Hall–Kier alpha value is 0.400. The molecule has 0 unspecified atom stereocenters. The van der Waals surface area contributed by atoms with Gasteiger partial charge in [0.15, 0.2) is 0 Å². The molecule has 0 spiro atoms. The number of likely N-dealkylation sites (N-methyl/N-ethyl adjacent to an activating group) is 1. The van der Waals surface area contributed by atoms with Crippen LogP contribution in [0, 0.1) is 0 Å². The van der Waals surface area contributed by atoms with E-state index < -0.39 is 0 Å². The van der Waals surface area contributed by atoms with Crippen LogP contribution in [0.4, 0.5) is 0 Å². The zero-order chi connectivity index (χ0) is 8.91. The van der Waals surface area contributed by atoms with E-state index in [1.807, 2.05) is 20.9 Å². The number of aliphatic hydroxyl groups excluding tert-OH is 1. The van der Waals surface area contributed by atoms with Crippen LogP contribution < -0.4 is 0 Å². The highest BCUT2D eigenvalue weighted by atomic mass is 79.9. The van der Waals surface area contributed by atoms with Gasteiger partial charge in [-0.1, -0.05) is 15.9 Å². The summed E-state index contributed by atoms with van der Waals surface area (Å²) < 4.78 is 0. The number of alkyl halides is 1. The fourth-order valence-corrected chi connectivity index (χ4v) is 0.971. The molecule has 0 aromatic heterocycles. The van der Waals surface area contributed by atoms with E-state index in [9.17, 15) is 0 Å². The lowest BCUT2D eigenvalue weighted by atomic mass is 10.1. The molecule has 0 fully saturated rings. The molecule has 0 aliphatic rings. The van der Waals surface area contributed by atoms with E-state index in [2.05, 4.69) is 20.8 Å². The van der Waals surface area contributed by atoms with E-state index >= 15 is 0 Å².